The van der Waals surface area contributed by atoms with Crippen LogP contribution in [0.5, 0.6) is 5.75 Å². The van der Waals surface area contributed by atoms with Gasteiger partial charge in [-0.1, -0.05) is 35.5 Å². The van der Waals surface area contributed by atoms with E-state index in [1.165, 1.54) is 0 Å². The van der Waals surface area contributed by atoms with Crippen molar-refractivity contribution in [2.45, 2.75) is 26.9 Å². The van der Waals surface area contributed by atoms with Gasteiger partial charge in [0.25, 0.3) is 5.91 Å². The van der Waals surface area contributed by atoms with E-state index >= 15 is 0 Å². The van der Waals surface area contributed by atoms with Gasteiger partial charge in [0, 0.05) is 12.1 Å². The first kappa shape index (κ1) is 19.4. The van der Waals surface area contributed by atoms with E-state index in [1.54, 1.807) is 45.0 Å². The van der Waals surface area contributed by atoms with Crippen LogP contribution >= 0.6 is 0 Å². The van der Waals surface area contributed by atoms with Crippen LogP contribution in [0, 0.1) is 13.8 Å². The lowest BCUT2D eigenvalue weighted by Gasteiger charge is -2.14. The third-order valence-electron chi connectivity index (χ3n) is 4.66. The van der Waals surface area contributed by atoms with Gasteiger partial charge in [-0.15, -0.1) is 0 Å². The number of anilines is 1. The number of nitrogens with one attached hydrogen (secondary N) is 1. The van der Waals surface area contributed by atoms with E-state index in [-0.39, 0.29) is 11.3 Å². The van der Waals surface area contributed by atoms with Crippen molar-refractivity contribution in [1.82, 2.24) is 5.16 Å². The van der Waals surface area contributed by atoms with Crippen LogP contribution in [0.25, 0.3) is 22.1 Å². The van der Waals surface area contributed by atoms with E-state index in [4.69, 9.17) is 13.7 Å². The molecule has 152 valence electrons. The van der Waals surface area contributed by atoms with Gasteiger partial charge >= 0.3 is 0 Å². The van der Waals surface area contributed by atoms with Crippen LogP contribution in [-0.2, 0) is 4.79 Å². The Morgan fingerprint density at radius 1 is 1.10 bits per heavy atom. The maximum atomic E-state index is 13.0. The van der Waals surface area contributed by atoms with Crippen LogP contribution in [0.15, 0.2) is 68.3 Å². The van der Waals surface area contributed by atoms with E-state index in [0.29, 0.717) is 39.6 Å². The smallest absolute Gasteiger partial charge is 0.266 e. The molecule has 2 heterocycles. The number of benzene rings is 2. The van der Waals surface area contributed by atoms with E-state index in [2.05, 4.69) is 10.5 Å². The van der Waals surface area contributed by atoms with Gasteiger partial charge < -0.3 is 19.0 Å². The monoisotopic (exact) mass is 404 g/mol. The van der Waals surface area contributed by atoms with Crippen molar-refractivity contribution < 1.29 is 18.5 Å². The Morgan fingerprint density at radius 2 is 1.87 bits per heavy atom. The van der Waals surface area contributed by atoms with Crippen molar-refractivity contribution in [2.75, 3.05) is 5.32 Å². The van der Waals surface area contributed by atoms with Gasteiger partial charge in [0.2, 0.25) is 5.43 Å². The highest BCUT2D eigenvalue weighted by Gasteiger charge is 2.18. The Hall–Kier alpha value is -3.87. The highest BCUT2D eigenvalue weighted by atomic mass is 16.5. The summed E-state index contributed by atoms with van der Waals surface area (Å²) in [5.74, 6) is 1.47. The van der Waals surface area contributed by atoms with Crippen molar-refractivity contribution in [3.8, 4) is 16.9 Å². The average Bonchev–Trinajstić information content (AvgIpc) is 3.13. The summed E-state index contributed by atoms with van der Waals surface area (Å²) in [4.78, 5) is 25.3. The predicted octanol–water partition coefficient (Wildman–Crippen LogP) is 4.47. The maximum Gasteiger partial charge on any atom is 0.266 e. The van der Waals surface area contributed by atoms with Gasteiger partial charge in [-0.05, 0) is 38.5 Å². The number of carbonyl (C=O) groups is 1. The molecule has 0 spiro atoms. The fraction of sp³-hybridized carbons (Fsp3) is 0.174. The molecular formula is C23H20N2O5. The predicted molar refractivity (Wildman–Crippen MR) is 113 cm³/mol. The lowest BCUT2D eigenvalue weighted by molar-refractivity contribution is -0.122. The molecule has 1 atom stereocenters. The van der Waals surface area contributed by atoms with E-state index in [1.807, 2.05) is 30.3 Å². The van der Waals surface area contributed by atoms with Gasteiger partial charge in [0.1, 0.15) is 22.9 Å². The van der Waals surface area contributed by atoms with Crippen LogP contribution in [0.3, 0.4) is 0 Å². The molecule has 7 heteroatoms. The average molecular weight is 404 g/mol. The summed E-state index contributed by atoms with van der Waals surface area (Å²) < 4.78 is 16.6. The quantitative estimate of drug-likeness (QED) is 0.527. The molecule has 0 saturated heterocycles. The van der Waals surface area contributed by atoms with Gasteiger partial charge in [-0.25, -0.2) is 0 Å². The molecule has 4 aromatic rings. The van der Waals surface area contributed by atoms with Crippen molar-refractivity contribution in [1.29, 1.82) is 0 Å². The number of hydrogen-bond acceptors (Lipinski definition) is 6. The number of rotatable bonds is 5. The zero-order valence-electron chi connectivity index (χ0n) is 16.8. The molecule has 4 rings (SSSR count). The standard InChI is InChI=1S/C23H20N2O5/c1-13-11-20(25-30-13)24-23(27)15(3)28-17-9-10-18-19(12-17)29-14(2)21(22(18)26)16-7-5-4-6-8-16/h4-12,15H,1-3H3,(H,24,25,27)/t15-/m0/s1. The normalized spacial score (nSPS) is 12.0. The second-order valence-corrected chi connectivity index (χ2v) is 6.96. The van der Waals surface area contributed by atoms with Gasteiger partial charge in [0.15, 0.2) is 11.9 Å². The van der Waals surface area contributed by atoms with E-state index in [0.717, 1.165) is 5.56 Å². The molecular weight excluding hydrogens is 384 g/mol. The number of ether oxygens (including phenoxy) is 1. The molecule has 30 heavy (non-hydrogen) atoms. The minimum atomic E-state index is -0.795. The van der Waals surface area contributed by atoms with Crippen LogP contribution < -0.4 is 15.5 Å². The molecule has 0 aliphatic rings. The fourth-order valence-electron chi connectivity index (χ4n) is 3.21. The first-order valence-corrected chi connectivity index (χ1v) is 9.46. The SMILES string of the molecule is Cc1cc(NC(=O)[C@H](C)Oc2ccc3c(=O)c(-c4ccccc4)c(C)oc3c2)no1. The van der Waals surface area contributed by atoms with Crippen LogP contribution in [0.4, 0.5) is 5.82 Å². The third-order valence-corrected chi connectivity index (χ3v) is 4.66. The van der Waals surface area contributed by atoms with Crippen molar-refractivity contribution in [3.63, 3.8) is 0 Å². The van der Waals surface area contributed by atoms with Gasteiger partial charge in [-0.2, -0.15) is 0 Å². The Morgan fingerprint density at radius 3 is 2.57 bits per heavy atom. The summed E-state index contributed by atoms with van der Waals surface area (Å²) in [5, 5.41) is 6.79. The summed E-state index contributed by atoms with van der Waals surface area (Å²) in [7, 11) is 0. The van der Waals surface area contributed by atoms with Gasteiger partial charge in [-0.3, -0.25) is 9.59 Å². The second kappa shape index (κ2) is 7.87. The number of amides is 1. The zero-order chi connectivity index (χ0) is 21.3. The van der Waals surface area contributed by atoms with Crippen molar-refractivity contribution >= 4 is 22.7 Å². The summed E-state index contributed by atoms with van der Waals surface area (Å²) in [6.45, 7) is 5.11. The summed E-state index contributed by atoms with van der Waals surface area (Å²) in [6.07, 6.45) is -0.795. The Kier molecular flexibility index (Phi) is 5.10. The Bertz CT molecular complexity index is 1270. The molecule has 0 fully saturated rings. The molecule has 1 N–H and O–H groups in total. The summed E-state index contributed by atoms with van der Waals surface area (Å²) >= 11 is 0. The van der Waals surface area contributed by atoms with Crippen LogP contribution in [-0.4, -0.2) is 17.2 Å². The molecule has 0 unspecified atom stereocenters. The zero-order valence-corrected chi connectivity index (χ0v) is 16.8. The minimum Gasteiger partial charge on any atom is -0.481 e. The molecule has 0 aliphatic carbocycles. The summed E-state index contributed by atoms with van der Waals surface area (Å²) in [5.41, 5.74) is 1.62. The largest absolute Gasteiger partial charge is 0.481 e. The second-order valence-electron chi connectivity index (χ2n) is 6.96. The molecule has 0 radical (unpaired) electrons. The highest BCUT2D eigenvalue weighted by molar-refractivity contribution is 5.93. The number of nitrogens with zero attached hydrogens (tertiary/aromatic N) is 1. The summed E-state index contributed by atoms with van der Waals surface area (Å²) in [6, 6.07) is 15.9. The van der Waals surface area contributed by atoms with Crippen LogP contribution in [0.1, 0.15) is 18.4 Å². The lowest BCUT2D eigenvalue weighted by Crippen LogP contribution is -2.30. The Balaban J connectivity index is 1.59. The van der Waals surface area contributed by atoms with Gasteiger partial charge in [0.05, 0.1) is 10.9 Å². The topological polar surface area (TPSA) is 94.6 Å². The number of carbonyl (C=O) groups excluding carboxylic acids is 1. The minimum absolute atomic E-state index is 0.112. The first-order valence-electron chi connectivity index (χ1n) is 9.46. The van der Waals surface area contributed by atoms with Crippen molar-refractivity contribution in [2.24, 2.45) is 0 Å². The lowest BCUT2D eigenvalue weighted by atomic mass is 10.0. The molecule has 0 bridgehead atoms. The van der Waals surface area contributed by atoms with E-state index in [9.17, 15) is 9.59 Å². The fourth-order valence-corrected chi connectivity index (χ4v) is 3.21. The molecule has 2 aromatic carbocycles. The molecule has 2 aromatic heterocycles. The number of hydrogen-bond donors (Lipinski definition) is 1. The maximum absolute atomic E-state index is 13.0. The van der Waals surface area contributed by atoms with Crippen molar-refractivity contribution in [3.05, 3.63) is 76.3 Å². The molecule has 7 nitrogen and oxygen atoms in total. The number of aryl methyl sites for hydroxylation is 2. The Labute approximate surface area is 172 Å². The molecule has 1 amide bonds. The molecule has 0 saturated carbocycles. The first-order chi connectivity index (χ1) is 14.4. The van der Waals surface area contributed by atoms with E-state index < -0.39 is 6.10 Å². The highest BCUT2D eigenvalue weighted by Crippen LogP contribution is 2.26. The van der Waals surface area contributed by atoms with Crippen LogP contribution in [0.2, 0.25) is 0 Å². The number of aromatic nitrogens is 1. The third kappa shape index (κ3) is 3.82. The number of fused-ring (bicyclic) bond motifs is 1. The molecule has 0 aliphatic heterocycles.